The van der Waals surface area contributed by atoms with Crippen LogP contribution in [-0.4, -0.2) is 39.6 Å². The number of ether oxygens (including phenoxy) is 1. The molecular formula is C22H33NO5. The van der Waals surface area contributed by atoms with E-state index in [-0.39, 0.29) is 24.4 Å². The smallest absolute Gasteiger partial charge is 0.303 e. The number of hydrogen-bond acceptors (Lipinski definition) is 5. The monoisotopic (exact) mass is 391 g/mol. The molecule has 1 aliphatic heterocycles. The number of aliphatic carboxylic acids is 1. The van der Waals surface area contributed by atoms with Gasteiger partial charge < -0.3 is 20.1 Å². The average molecular weight is 392 g/mol. The number of carboxylic acids is 1. The lowest BCUT2D eigenvalue weighted by molar-refractivity contribution is -0.137. The molecule has 0 amide bonds. The van der Waals surface area contributed by atoms with E-state index < -0.39 is 18.2 Å². The van der Waals surface area contributed by atoms with Gasteiger partial charge in [-0.2, -0.15) is 5.26 Å². The van der Waals surface area contributed by atoms with Crippen LogP contribution in [-0.2, 0) is 9.53 Å². The third-order valence-corrected chi connectivity index (χ3v) is 5.94. The third kappa shape index (κ3) is 5.83. The number of aliphatic hydroxyl groups is 2. The van der Waals surface area contributed by atoms with Crippen molar-refractivity contribution in [1.82, 2.24) is 0 Å². The Morgan fingerprint density at radius 1 is 1.36 bits per heavy atom. The molecule has 28 heavy (non-hydrogen) atoms. The van der Waals surface area contributed by atoms with Gasteiger partial charge in [-0.05, 0) is 25.2 Å². The summed E-state index contributed by atoms with van der Waals surface area (Å²) in [6.45, 7) is 4.28. The van der Waals surface area contributed by atoms with Crippen molar-refractivity contribution in [3.63, 3.8) is 0 Å². The van der Waals surface area contributed by atoms with Gasteiger partial charge >= 0.3 is 5.97 Å². The molecule has 6 heteroatoms. The van der Waals surface area contributed by atoms with E-state index in [0.717, 1.165) is 19.3 Å². The van der Waals surface area contributed by atoms with E-state index in [1.807, 2.05) is 6.08 Å². The topological polar surface area (TPSA) is 111 Å². The number of carboxylic acid groups (broad SMARTS) is 1. The summed E-state index contributed by atoms with van der Waals surface area (Å²) >= 11 is 0. The van der Waals surface area contributed by atoms with E-state index in [0.29, 0.717) is 42.9 Å². The van der Waals surface area contributed by atoms with Crippen LogP contribution in [0.1, 0.15) is 65.2 Å². The number of rotatable bonds is 10. The summed E-state index contributed by atoms with van der Waals surface area (Å²) < 4.78 is 5.94. The summed E-state index contributed by atoms with van der Waals surface area (Å²) in [6, 6.07) is 2.14. The van der Waals surface area contributed by atoms with E-state index in [1.54, 1.807) is 6.08 Å². The molecule has 3 N–H and O–H groups in total. The van der Waals surface area contributed by atoms with E-state index in [9.17, 15) is 20.3 Å². The highest BCUT2D eigenvalue weighted by atomic mass is 16.5. The van der Waals surface area contributed by atoms with Crippen molar-refractivity contribution in [2.24, 2.45) is 17.8 Å². The lowest BCUT2D eigenvalue weighted by atomic mass is 9.85. The van der Waals surface area contributed by atoms with Crippen LogP contribution in [0.2, 0.25) is 0 Å². The Morgan fingerprint density at radius 3 is 2.75 bits per heavy atom. The van der Waals surface area contributed by atoms with Crippen LogP contribution < -0.4 is 0 Å². The fourth-order valence-corrected chi connectivity index (χ4v) is 4.35. The van der Waals surface area contributed by atoms with E-state index in [1.165, 1.54) is 0 Å². The van der Waals surface area contributed by atoms with Gasteiger partial charge in [-0.25, -0.2) is 0 Å². The number of hydrogen-bond donors (Lipinski definition) is 3. The summed E-state index contributed by atoms with van der Waals surface area (Å²) in [5, 5.41) is 39.3. The highest BCUT2D eigenvalue weighted by Gasteiger charge is 2.50. The zero-order valence-corrected chi connectivity index (χ0v) is 16.9. The van der Waals surface area contributed by atoms with Gasteiger partial charge in [0.25, 0.3) is 0 Å². The Labute approximate surface area is 167 Å². The Hall–Kier alpha value is -1.84. The van der Waals surface area contributed by atoms with Crippen LogP contribution in [0.4, 0.5) is 0 Å². The van der Waals surface area contributed by atoms with Gasteiger partial charge in [0, 0.05) is 31.1 Å². The second-order valence-electron chi connectivity index (χ2n) is 8.16. The van der Waals surface area contributed by atoms with Crippen molar-refractivity contribution >= 4 is 5.97 Å². The van der Waals surface area contributed by atoms with Crippen LogP contribution in [0.25, 0.3) is 0 Å². The molecule has 0 bridgehead atoms. The molecule has 2 unspecified atom stereocenters. The summed E-state index contributed by atoms with van der Waals surface area (Å²) in [7, 11) is 0. The molecule has 156 valence electrons. The molecule has 1 heterocycles. The Kier molecular flexibility index (Phi) is 8.53. The maximum absolute atomic E-state index is 10.7. The highest BCUT2D eigenvalue weighted by molar-refractivity contribution is 5.66. The lowest BCUT2D eigenvalue weighted by Gasteiger charge is -2.23. The highest BCUT2D eigenvalue weighted by Crippen LogP contribution is 2.47. The van der Waals surface area contributed by atoms with Crippen molar-refractivity contribution in [1.29, 1.82) is 5.26 Å². The second-order valence-corrected chi connectivity index (χ2v) is 8.16. The van der Waals surface area contributed by atoms with Gasteiger partial charge in [0.1, 0.15) is 11.9 Å². The van der Waals surface area contributed by atoms with Gasteiger partial charge in [-0.3, -0.25) is 4.79 Å². The number of nitrogens with zero attached hydrogens (tertiary/aromatic N) is 1. The minimum Gasteiger partial charge on any atom is -0.493 e. The van der Waals surface area contributed by atoms with Crippen molar-refractivity contribution in [3.8, 4) is 6.07 Å². The molecule has 2 rings (SSSR count). The molecular weight excluding hydrogens is 358 g/mol. The first-order chi connectivity index (χ1) is 13.4. The number of carbonyl (C=O) groups is 1. The molecule has 2 fully saturated rings. The number of nitriles is 1. The molecule has 6 nitrogen and oxygen atoms in total. The van der Waals surface area contributed by atoms with Crippen LogP contribution in [0, 0.1) is 29.1 Å². The van der Waals surface area contributed by atoms with E-state index >= 15 is 0 Å². The fourth-order valence-electron chi connectivity index (χ4n) is 4.35. The first kappa shape index (κ1) is 22.4. The predicted octanol–water partition coefficient (Wildman–Crippen LogP) is 3.55. The number of aliphatic hydroxyl groups excluding tert-OH is 2. The molecule has 0 spiro atoms. The Bertz CT molecular complexity index is 635. The molecule has 1 saturated carbocycles. The largest absolute Gasteiger partial charge is 0.493 e. The first-order valence-corrected chi connectivity index (χ1v) is 10.4. The summed E-state index contributed by atoms with van der Waals surface area (Å²) in [5.41, 5.74) is 0.488. The van der Waals surface area contributed by atoms with Gasteiger partial charge in [0.2, 0.25) is 0 Å². The molecule has 0 aromatic carbocycles. The minimum atomic E-state index is -0.877. The zero-order chi connectivity index (χ0) is 20.7. The standard InChI is InChI=1S/C22H33NO5/c1-3-4-6-14(2)9-10-17(24)22-16-11-19(28-20(16)12-18(22)25)15(13-23)7-5-8-21(26)27/h9-10,14,16-18,20,22,24-25H,3-8,11-12H2,1-2H3,(H,26,27)/b10-9+,19-15+/t14?,16-,17?,18+,20-,22-/m0/s1. The molecule has 2 aliphatic rings. The van der Waals surface area contributed by atoms with Crippen molar-refractivity contribution < 1.29 is 24.9 Å². The summed E-state index contributed by atoms with van der Waals surface area (Å²) in [5.74, 6) is -0.224. The van der Waals surface area contributed by atoms with Gasteiger partial charge in [-0.15, -0.1) is 0 Å². The maximum Gasteiger partial charge on any atom is 0.303 e. The van der Waals surface area contributed by atoms with E-state index in [4.69, 9.17) is 9.84 Å². The van der Waals surface area contributed by atoms with Gasteiger partial charge in [0.05, 0.1) is 23.9 Å². The predicted molar refractivity (Wildman–Crippen MR) is 105 cm³/mol. The number of allylic oxidation sites excluding steroid dienone is 3. The molecule has 6 atom stereocenters. The van der Waals surface area contributed by atoms with Gasteiger partial charge in [-0.1, -0.05) is 38.8 Å². The molecule has 0 aromatic heterocycles. The number of unbranched alkanes of at least 4 members (excludes halogenated alkanes) is 1. The zero-order valence-electron chi connectivity index (χ0n) is 16.9. The first-order valence-electron chi connectivity index (χ1n) is 10.4. The summed E-state index contributed by atoms with van der Waals surface area (Å²) in [6.07, 6.45) is 7.40. The summed E-state index contributed by atoms with van der Waals surface area (Å²) in [4.78, 5) is 10.7. The molecule has 0 radical (unpaired) electrons. The Balaban J connectivity index is 2.01. The van der Waals surface area contributed by atoms with Crippen LogP contribution in [0.5, 0.6) is 0 Å². The fraction of sp³-hybridized carbons (Fsp3) is 0.727. The molecule has 0 aromatic rings. The van der Waals surface area contributed by atoms with Gasteiger partial charge in [0.15, 0.2) is 0 Å². The van der Waals surface area contributed by atoms with Crippen molar-refractivity contribution in [2.75, 3.05) is 0 Å². The third-order valence-electron chi connectivity index (χ3n) is 5.94. The van der Waals surface area contributed by atoms with Crippen LogP contribution in [0.15, 0.2) is 23.5 Å². The number of fused-ring (bicyclic) bond motifs is 1. The Morgan fingerprint density at radius 2 is 2.11 bits per heavy atom. The maximum atomic E-state index is 10.7. The average Bonchev–Trinajstić information content (AvgIpc) is 3.17. The SMILES string of the molecule is CCCCC(C)/C=C/C(O)[C@@H]1[C@H]2C/C(=C(\C#N)CCCC(=O)O)O[C@H]2C[C@H]1O. The van der Waals surface area contributed by atoms with E-state index in [2.05, 4.69) is 19.9 Å². The normalized spacial score (nSPS) is 30.5. The van der Waals surface area contributed by atoms with Crippen LogP contribution >= 0.6 is 0 Å². The van der Waals surface area contributed by atoms with Crippen molar-refractivity contribution in [2.45, 2.75) is 83.5 Å². The quantitative estimate of drug-likeness (QED) is 0.388. The second kappa shape index (κ2) is 10.6. The molecule has 1 saturated heterocycles. The van der Waals surface area contributed by atoms with Crippen LogP contribution in [0.3, 0.4) is 0 Å². The molecule has 1 aliphatic carbocycles. The lowest BCUT2D eigenvalue weighted by Crippen LogP contribution is -2.31. The van der Waals surface area contributed by atoms with Crippen molar-refractivity contribution in [3.05, 3.63) is 23.5 Å². The minimum absolute atomic E-state index is 0.0202.